The summed E-state index contributed by atoms with van der Waals surface area (Å²) in [7, 11) is 0. The number of amides is 2. The fraction of sp³-hybridized carbons (Fsp3) is 0.875. The summed E-state index contributed by atoms with van der Waals surface area (Å²) in [6.45, 7) is 8.04. The lowest BCUT2D eigenvalue weighted by Crippen LogP contribution is -2.50. The molecule has 0 aromatic heterocycles. The molecule has 1 unspecified atom stereocenters. The maximum Gasteiger partial charge on any atom is 0.239 e. The van der Waals surface area contributed by atoms with Crippen LogP contribution in [0.15, 0.2) is 0 Å². The maximum atomic E-state index is 12.2. The van der Waals surface area contributed by atoms with Crippen LogP contribution < -0.4 is 5.73 Å². The van der Waals surface area contributed by atoms with Gasteiger partial charge in [-0.1, -0.05) is 13.8 Å². The topological polar surface area (TPSA) is 66.6 Å². The van der Waals surface area contributed by atoms with E-state index in [9.17, 15) is 9.59 Å². The summed E-state index contributed by atoms with van der Waals surface area (Å²) in [4.78, 5) is 27.8. The molecule has 2 amide bonds. The fourth-order valence-corrected chi connectivity index (χ4v) is 3.03. The SMILES string of the molecule is CC(=O)N(CC1CCN(C(=O)C(N)C(C)C)CC1)C1CC1. The van der Waals surface area contributed by atoms with Crippen LogP contribution in [0.25, 0.3) is 0 Å². The summed E-state index contributed by atoms with van der Waals surface area (Å²) in [5.41, 5.74) is 5.95. The van der Waals surface area contributed by atoms with E-state index in [0.717, 1.165) is 45.3 Å². The van der Waals surface area contributed by atoms with Crippen LogP contribution in [-0.2, 0) is 9.59 Å². The van der Waals surface area contributed by atoms with Gasteiger partial charge in [0.1, 0.15) is 0 Å². The van der Waals surface area contributed by atoms with Crippen LogP contribution in [0.4, 0.5) is 0 Å². The van der Waals surface area contributed by atoms with Crippen molar-refractivity contribution in [2.24, 2.45) is 17.6 Å². The predicted octanol–water partition coefficient (Wildman–Crippen LogP) is 1.22. The van der Waals surface area contributed by atoms with Crippen molar-refractivity contribution in [2.75, 3.05) is 19.6 Å². The highest BCUT2D eigenvalue weighted by molar-refractivity contribution is 5.82. The lowest BCUT2D eigenvalue weighted by Gasteiger charge is -2.36. The van der Waals surface area contributed by atoms with Crippen molar-refractivity contribution >= 4 is 11.8 Å². The number of rotatable bonds is 5. The molecule has 2 N–H and O–H groups in total. The summed E-state index contributed by atoms with van der Waals surface area (Å²) in [5, 5.41) is 0. The van der Waals surface area contributed by atoms with Crippen LogP contribution in [0.3, 0.4) is 0 Å². The van der Waals surface area contributed by atoms with Crippen LogP contribution in [0.5, 0.6) is 0 Å². The van der Waals surface area contributed by atoms with Crippen LogP contribution in [0.1, 0.15) is 46.5 Å². The molecule has 0 spiro atoms. The second-order valence-corrected chi connectivity index (χ2v) is 6.94. The average Bonchev–Trinajstić information content (AvgIpc) is 3.27. The molecule has 1 saturated heterocycles. The van der Waals surface area contributed by atoms with Gasteiger partial charge < -0.3 is 15.5 Å². The molecule has 1 atom stereocenters. The number of nitrogens with two attached hydrogens (primary N) is 1. The highest BCUT2D eigenvalue weighted by Gasteiger charge is 2.34. The van der Waals surface area contributed by atoms with Gasteiger partial charge in [-0.05, 0) is 37.5 Å². The van der Waals surface area contributed by atoms with Gasteiger partial charge in [-0.25, -0.2) is 0 Å². The van der Waals surface area contributed by atoms with Crippen molar-refractivity contribution in [1.82, 2.24) is 9.80 Å². The van der Waals surface area contributed by atoms with E-state index in [1.165, 1.54) is 0 Å². The first-order valence-corrected chi connectivity index (χ1v) is 8.21. The zero-order valence-electron chi connectivity index (χ0n) is 13.5. The molecule has 120 valence electrons. The number of hydrogen-bond acceptors (Lipinski definition) is 3. The third-order valence-electron chi connectivity index (χ3n) is 4.78. The number of piperidine rings is 1. The minimum Gasteiger partial charge on any atom is -0.341 e. The van der Waals surface area contributed by atoms with E-state index in [1.807, 2.05) is 23.6 Å². The molecule has 21 heavy (non-hydrogen) atoms. The van der Waals surface area contributed by atoms with Crippen LogP contribution in [0, 0.1) is 11.8 Å². The van der Waals surface area contributed by atoms with Gasteiger partial charge in [-0.2, -0.15) is 0 Å². The largest absolute Gasteiger partial charge is 0.341 e. The minimum atomic E-state index is -0.387. The molecule has 2 aliphatic rings. The highest BCUT2D eigenvalue weighted by Crippen LogP contribution is 2.29. The molecular formula is C16H29N3O2. The zero-order chi connectivity index (χ0) is 15.6. The summed E-state index contributed by atoms with van der Waals surface area (Å²) in [6.07, 6.45) is 4.26. The average molecular weight is 295 g/mol. The van der Waals surface area contributed by atoms with Gasteiger partial charge in [0, 0.05) is 32.6 Å². The molecule has 0 bridgehead atoms. The number of carbonyl (C=O) groups excluding carboxylic acids is 2. The first-order chi connectivity index (χ1) is 9.90. The molecule has 5 heteroatoms. The molecule has 1 aliphatic heterocycles. The van der Waals surface area contributed by atoms with E-state index in [2.05, 4.69) is 0 Å². The number of nitrogens with zero attached hydrogens (tertiary/aromatic N) is 2. The lowest BCUT2D eigenvalue weighted by molar-refractivity contribution is -0.136. The van der Waals surface area contributed by atoms with Crippen molar-refractivity contribution < 1.29 is 9.59 Å². The molecule has 5 nitrogen and oxygen atoms in total. The first-order valence-electron chi connectivity index (χ1n) is 8.21. The normalized spacial score (nSPS) is 21.5. The molecule has 1 saturated carbocycles. The van der Waals surface area contributed by atoms with E-state index < -0.39 is 0 Å². The molecular weight excluding hydrogens is 266 g/mol. The molecule has 0 aromatic rings. The lowest BCUT2D eigenvalue weighted by atomic mass is 9.94. The van der Waals surface area contributed by atoms with Crippen LogP contribution in [-0.4, -0.2) is 53.3 Å². The van der Waals surface area contributed by atoms with Gasteiger partial charge in [-0.3, -0.25) is 9.59 Å². The van der Waals surface area contributed by atoms with Crippen molar-refractivity contribution in [3.63, 3.8) is 0 Å². The van der Waals surface area contributed by atoms with E-state index in [0.29, 0.717) is 12.0 Å². The Morgan fingerprint density at radius 2 is 1.76 bits per heavy atom. The Kier molecular flexibility index (Phi) is 5.25. The summed E-state index contributed by atoms with van der Waals surface area (Å²) < 4.78 is 0. The molecule has 1 heterocycles. The second kappa shape index (κ2) is 6.77. The molecule has 0 radical (unpaired) electrons. The highest BCUT2D eigenvalue weighted by atomic mass is 16.2. The van der Waals surface area contributed by atoms with Gasteiger partial charge in [0.25, 0.3) is 0 Å². The first kappa shape index (κ1) is 16.3. The number of hydrogen-bond donors (Lipinski definition) is 1. The monoisotopic (exact) mass is 295 g/mol. The zero-order valence-corrected chi connectivity index (χ0v) is 13.5. The Labute approximate surface area is 127 Å². The Hall–Kier alpha value is -1.10. The van der Waals surface area contributed by atoms with Gasteiger partial charge in [-0.15, -0.1) is 0 Å². The summed E-state index contributed by atoms with van der Waals surface area (Å²) >= 11 is 0. The standard InChI is InChI=1S/C16H29N3O2/c1-11(2)15(17)16(21)18-8-6-13(7-9-18)10-19(12(3)20)14-4-5-14/h11,13-15H,4-10,17H2,1-3H3. The third-order valence-corrected chi connectivity index (χ3v) is 4.78. The van der Waals surface area contributed by atoms with Crippen LogP contribution >= 0.6 is 0 Å². The van der Waals surface area contributed by atoms with Crippen molar-refractivity contribution in [3.8, 4) is 0 Å². The predicted molar refractivity (Wildman–Crippen MR) is 82.5 cm³/mol. The van der Waals surface area contributed by atoms with Crippen molar-refractivity contribution in [3.05, 3.63) is 0 Å². The summed E-state index contributed by atoms with van der Waals surface area (Å²) in [5.74, 6) is 0.971. The quantitative estimate of drug-likeness (QED) is 0.829. The molecule has 2 fully saturated rings. The van der Waals surface area contributed by atoms with Crippen molar-refractivity contribution in [1.29, 1.82) is 0 Å². The third kappa shape index (κ3) is 4.19. The van der Waals surface area contributed by atoms with E-state index in [1.54, 1.807) is 6.92 Å². The molecule has 1 aliphatic carbocycles. The smallest absolute Gasteiger partial charge is 0.239 e. The van der Waals surface area contributed by atoms with E-state index >= 15 is 0 Å². The second-order valence-electron chi connectivity index (χ2n) is 6.94. The van der Waals surface area contributed by atoms with Crippen molar-refractivity contribution in [2.45, 2.75) is 58.5 Å². The summed E-state index contributed by atoms with van der Waals surface area (Å²) in [6, 6.07) is 0.0956. The Morgan fingerprint density at radius 3 is 2.19 bits per heavy atom. The van der Waals surface area contributed by atoms with Gasteiger partial charge in [0.2, 0.25) is 11.8 Å². The molecule has 0 aromatic carbocycles. The Bertz CT molecular complexity index is 385. The number of carbonyl (C=O) groups is 2. The minimum absolute atomic E-state index is 0.0778. The molecule has 2 rings (SSSR count). The Morgan fingerprint density at radius 1 is 1.19 bits per heavy atom. The van der Waals surface area contributed by atoms with E-state index in [-0.39, 0.29) is 23.8 Å². The van der Waals surface area contributed by atoms with E-state index in [4.69, 9.17) is 5.73 Å². The van der Waals surface area contributed by atoms with Crippen LogP contribution in [0.2, 0.25) is 0 Å². The van der Waals surface area contributed by atoms with Gasteiger partial charge >= 0.3 is 0 Å². The number of likely N-dealkylation sites (tertiary alicyclic amines) is 1. The fourth-order valence-electron chi connectivity index (χ4n) is 3.03. The Balaban J connectivity index is 1.80. The van der Waals surface area contributed by atoms with Gasteiger partial charge in [0.05, 0.1) is 6.04 Å². The van der Waals surface area contributed by atoms with Gasteiger partial charge in [0.15, 0.2) is 0 Å². The maximum absolute atomic E-state index is 12.2.